The number of aromatic hydroxyl groups is 1. The minimum atomic E-state index is -0.718. The third kappa shape index (κ3) is 6.16. The zero-order chi connectivity index (χ0) is 21.3. The van der Waals surface area contributed by atoms with E-state index in [1.54, 1.807) is 18.3 Å². The van der Waals surface area contributed by atoms with Crippen molar-refractivity contribution < 1.29 is 15.0 Å². The average Bonchev–Trinajstić information content (AvgIpc) is 2.74. The number of nitrogens with zero attached hydrogens (tertiary/aromatic N) is 3. The number of benzene rings is 1. The number of hydrogen-bond donors (Lipinski definition) is 2. The maximum atomic E-state index is 11.9. The van der Waals surface area contributed by atoms with E-state index < -0.39 is 12.0 Å². The van der Waals surface area contributed by atoms with E-state index in [0.29, 0.717) is 6.54 Å². The fraction of sp³-hybridized carbons (Fsp3) is 0.583. The number of hydrogen-bond acceptors (Lipinski definition) is 5. The van der Waals surface area contributed by atoms with Crippen molar-refractivity contribution in [2.45, 2.75) is 57.9 Å². The normalized spacial score (nSPS) is 18.1. The van der Waals surface area contributed by atoms with E-state index in [2.05, 4.69) is 21.7 Å². The minimum absolute atomic E-state index is 0.244. The number of pyridine rings is 1. The third-order valence-electron chi connectivity index (χ3n) is 6.15. The second-order valence-electron chi connectivity index (χ2n) is 8.38. The van der Waals surface area contributed by atoms with Crippen molar-refractivity contribution in [3.8, 4) is 5.75 Å². The molecule has 1 aliphatic rings. The standard InChI is InChI=1S/C24H35N3O3/c1-2-3-4-5-6-13-26-15-16-27(23(18-26)24(29)30)14-7-8-19-11-12-25-22-10-9-20(28)17-21(19)22/h9-12,17,23,28H,2-8,13-16,18H2,1H3,(H,29,30). The molecule has 0 saturated carbocycles. The molecule has 2 N–H and O–H groups in total. The maximum absolute atomic E-state index is 11.9. The lowest BCUT2D eigenvalue weighted by atomic mass is 10.0. The first-order valence-electron chi connectivity index (χ1n) is 11.3. The van der Waals surface area contributed by atoms with Crippen molar-refractivity contribution in [3.05, 3.63) is 36.0 Å². The fourth-order valence-corrected chi connectivity index (χ4v) is 4.40. The number of aryl methyl sites for hydroxylation is 1. The highest BCUT2D eigenvalue weighted by Crippen LogP contribution is 2.23. The Hall–Kier alpha value is -2.18. The number of aromatic nitrogens is 1. The number of phenolic OH excluding ortho intramolecular Hbond substituents is 1. The zero-order valence-electron chi connectivity index (χ0n) is 18.1. The molecule has 1 aliphatic heterocycles. The Labute approximate surface area is 179 Å². The molecule has 0 spiro atoms. The summed E-state index contributed by atoms with van der Waals surface area (Å²) in [5.41, 5.74) is 2.02. The molecule has 0 amide bonds. The fourth-order valence-electron chi connectivity index (χ4n) is 4.40. The first-order chi connectivity index (χ1) is 14.6. The molecule has 1 atom stereocenters. The van der Waals surface area contributed by atoms with Gasteiger partial charge in [0.1, 0.15) is 11.8 Å². The Morgan fingerprint density at radius 3 is 2.73 bits per heavy atom. The quantitative estimate of drug-likeness (QED) is 0.544. The van der Waals surface area contributed by atoms with Crippen LogP contribution in [0.4, 0.5) is 0 Å². The van der Waals surface area contributed by atoms with Crippen LogP contribution in [-0.4, -0.2) is 69.7 Å². The topological polar surface area (TPSA) is 76.9 Å². The van der Waals surface area contributed by atoms with Gasteiger partial charge in [0.25, 0.3) is 0 Å². The SMILES string of the molecule is CCCCCCCN1CCN(CCCc2ccnc3ccc(O)cc23)C(C(=O)O)C1. The van der Waals surface area contributed by atoms with E-state index in [9.17, 15) is 15.0 Å². The summed E-state index contributed by atoms with van der Waals surface area (Å²) in [6, 6.07) is 6.81. The smallest absolute Gasteiger partial charge is 0.322 e. The number of aliphatic carboxylic acids is 1. The number of carboxylic acids is 1. The van der Waals surface area contributed by atoms with E-state index >= 15 is 0 Å². The third-order valence-corrected chi connectivity index (χ3v) is 6.15. The van der Waals surface area contributed by atoms with Crippen LogP contribution in [-0.2, 0) is 11.2 Å². The maximum Gasteiger partial charge on any atom is 0.322 e. The van der Waals surface area contributed by atoms with Gasteiger partial charge in [-0.3, -0.25) is 19.6 Å². The van der Waals surface area contributed by atoms with Crippen LogP contribution in [0.15, 0.2) is 30.5 Å². The molecule has 1 aromatic heterocycles. The summed E-state index contributed by atoms with van der Waals surface area (Å²) >= 11 is 0. The first-order valence-corrected chi connectivity index (χ1v) is 11.3. The molecule has 0 radical (unpaired) electrons. The molecule has 0 aliphatic carbocycles. The van der Waals surface area contributed by atoms with Crippen molar-refractivity contribution in [1.82, 2.24) is 14.8 Å². The number of piperazine rings is 1. The molecule has 30 heavy (non-hydrogen) atoms. The van der Waals surface area contributed by atoms with Crippen LogP contribution in [0.1, 0.15) is 51.0 Å². The monoisotopic (exact) mass is 413 g/mol. The van der Waals surface area contributed by atoms with Crippen LogP contribution in [0.2, 0.25) is 0 Å². The van der Waals surface area contributed by atoms with Crippen LogP contribution in [0.3, 0.4) is 0 Å². The van der Waals surface area contributed by atoms with Gasteiger partial charge in [-0.25, -0.2) is 0 Å². The van der Waals surface area contributed by atoms with Crippen molar-refractivity contribution in [2.75, 3.05) is 32.7 Å². The van der Waals surface area contributed by atoms with Gasteiger partial charge in [0.15, 0.2) is 0 Å². The lowest BCUT2D eigenvalue weighted by molar-refractivity contribution is -0.145. The van der Waals surface area contributed by atoms with Gasteiger partial charge < -0.3 is 10.2 Å². The van der Waals surface area contributed by atoms with Crippen molar-refractivity contribution in [1.29, 1.82) is 0 Å². The van der Waals surface area contributed by atoms with Gasteiger partial charge in [-0.05, 0) is 62.2 Å². The van der Waals surface area contributed by atoms with Gasteiger partial charge in [-0.2, -0.15) is 0 Å². The molecule has 6 nitrogen and oxygen atoms in total. The van der Waals surface area contributed by atoms with Crippen LogP contribution in [0, 0.1) is 0 Å². The molecule has 164 valence electrons. The molecule has 1 aromatic carbocycles. The number of rotatable bonds is 11. The van der Waals surface area contributed by atoms with Gasteiger partial charge in [-0.15, -0.1) is 0 Å². The molecule has 1 saturated heterocycles. The number of carboxylic acid groups (broad SMARTS) is 1. The first kappa shape index (κ1) is 22.5. The van der Waals surface area contributed by atoms with Gasteiger partial charge in [0, 0.05) is 31.2 Å². The van der Waals surface area contributed by atoms with Gasteiger partial charge >= 0.3 is 5.97 Å². The minimum Gasteiger partial charge on any atom is -0.508 e. The van der Waals surface area contributed by atoms with E-state index in [-0.39, 0.29) is 5.75 Å². The lowest BCUT2D eigenvalue weighted by Gasteiger charge is -2.39. The molecule has 0 bridgehead atoms. The number of carbonyl (C=O) groups is 1. The predicted molar refractivity (Wildman–Crippen MR) is 120 cm³/mol. The van der Waals surface area contributed by atoms with Crippen LogP contribution in [0.25, 0.3) is 10.9 Å². The highest BCUT2D eigenvalue weighted by molar-refractivity contribution is 5.83. The summed E-state index contributed by atoms with van der Waals surface area (Å²) in [5, 5.41) is 20.5. The van der Waals surface area contributed by atoms with E-state index in [4.69, 9.17) is 0 Å². The summed E-state index contributed by atoms with van der Waals surface area (Å²) in [6.45, 7) is 6.37. The summed E-state index contributed by atoms with van der Waals surface area (Å²) in [6.07, 6.45) is 9.74. The van der Waals surface area contributed by atoms with Crippen molar-refractivity contribution >= 4 is 16.9 Å². The number of phenols is 1. The summed E-state index contributed by atoms with van der Waals surface area (Å²) in [4.78, 5) is 20.7. The number of unbranched alkanes of at least 4 members (excludes halogenated alkanes) is 4. The molecule has 2 aromatic rings. The molecule has 3 rings (SSSR count). The molecule has 6 heteroatoms. The van der Waals surface area contributed by atoms with Crippen molar-refractivity contribution in [3.63, 3.8) is 0 Å². The Morgan fingerprint density at radius 1 is 1.10 bits per heavy atom. The molecular formula is C24H35N3O3. The van der Waals surface area contributed by atoms with E-state index in [1.165, 1.54) is 25.7 Å². The van der Waals surface area contributed by atoms with Crippen LogP contribution in [0.5, 0.6) is 5.75 Å². The molecular weight excluding hydrogens is 378 g/mol. The second kappa shape index (κ2) is 11.3. The van der Waals surface area contributed by atoms with Gasteiger partial charge in [-0.1, -0.05) is 32.6 Å². The van der Waals surface area contributed by atoms with Crippen molar-refractivity contribution in [2.24, 2.45) is 0 Å². The largest absolute Gasteiger partial charge is 0.508 e. The predicted octanol–water partition coefficient (Wildman–Crippen LogP) is 3.91. The molecule has 2 heterocycles. The number of fused-ring (bicyclic) bond motifs is 1. The van der Waals surface area contributed by atoms with Crippen LogP contribution < -0.4 is 0 Å². The Morgan fingerprint density at radius 2 is 1.93 bits per heavy atom. The summed E-state index contributed by atoms with van der Waals surface area (Å²) < 4.78 is 0. The van der Waals surface area contributed by atoms with Gasteiger partial charge in [0.2, 0.25) is 0 Å². The second-order valence-corrected chi connectivity index (χ2v) is 8.38. The lowest BCUT2D eigenvalue weighted by Crippen LogP contribution is -2.56. The Bertz CT molecular complexity index is 826. The van der Waals surface area contributed by atoms with E-state index in [1.807, 2.05) is 12.1 Å². The molecule has 1 unspecified atom stereocenters. The van der Waals surface area contributed by atoms with Crippen LogP contribution >= 0.6 is 0 Å². The zero-order valence-corrected chi connectivity index (χ0v) is 18.1. The Balaban J connectivity index is 1.50. The average molecular weight is 414 g/mol. The van der Waals surface area contributed by atoms with Gasteiger partial charge in [0.05, 0.1) is 5.52 Å². The summed E-state index contributed by atoms with van der Waals surface area (Å²) in [7, 11) is 0. The highest BCUT2D eigenvalue weighted by atomic mass is 16.4. The highest BCUT2D eigenvalue weighted by Gasteiger charge is 2.31. The Kier molecular flexibility index (Phi) is 8.46. The molecule has 1 fully saturated rings. The van der Waals surface area contributed by atoms with E-state index in [0.717, 1.165) is 61.9 Å². The summed E-state index contributed by atoms with van der Waals surface area (Å²) in [5.74, 6) is -0.474.